The van der Waals surface area contributed by atoms with E-state index in [4.69, 9.17) is 0 Å². The van der Waals surface area contributed by atoms with Crippen molar-refractivity contribution in [2.45, 2.75) is 19.5 Å². The van der Waals surface area contributed by atoms with Crippen LogP contribution in [0.25, 0.3) is 0 Å². The van der Waals surface area contributed by atoms with E-state index in [1.165, 1.54) is 28.2 Å². The fourth-order valence-corrected chi connectivity index (χ4v) is 2.50. The van der Waals surface area contributed by atoms with Crippen molar-refractivity contribution in [2.75, 3.05) is 19.4 Å². The molecule has 1 amide bonds. The molecule has 8 nitrogen and oxygen atoms in total. The molecule has 22 heavy (non-hydrogen) atoms. The van der Waals surface area contributed by atoms with Crippen molar-refractivity contribution in [1.29, 1.82) is 0 Å². The molecule has 2 N–H and O–H groups in total. The van der Waals surface area contributed by atoms with Crippen LogP contribution in [0.3, 0.4) is 0 Å². The van der Waals surface area contributed by atoms with E-state index in [1.807, 2.05) is 24.4 Å². The Labute approximate surface area is 130 Å². The molecule has 2 rings (SSSR count). The Bertz CT molecular complexity index is 761. The molecular weight excluding hydrogens is 306 g/mol. The van der Waals surface area contributed by atoms with E-state index in [-0.39, 0.29) is 18.9 Å². The zero-order valence-corrected chi connectivity index (χ0v) is 13.1. The van der Waals surface area contributed by atoms with Gasteiger partial charge in [-0.2, -0.15) is 0 Å². The van der Waals surface area contributed by atoms with Crippen LogP contribution >= 0.6 is 11.3 Å². The highest BCUT2D eigenvalue weighted by Gasteiger charge is 2.08. The monoisotopic (exact) mass is 323 g/mol. The van der Waals surface area contributed by atoms with Crippen molar-refractivity contribution < 1.29 is 4.79 Å². The van der Waals surface area contributed by atoms with Crippen molar-refractivity contribution in [2.24, 2.45) is 0 Å². The fourth-order valence-electron chi connectivity index (χ4n) is 1.79. The third-order valence-electron chi connectivity index (χ3n) is 2.75. The van der Waals surface area contributed by atoms with Crippen molar-refractivity contribution in [3.8, 4) is 0 Å². The molecular formula is C13H17N5O3S. The number of hydrogen-bond donors (Lipinski definition) is 2. The summed E-state index contributed by atoms with van der Waals surface area (Å²) in [5, 5.41) is 5.13. The van der Waals surface area contributed by atoms with Crippen LogP contribution in [0.15, 0.2) is 27.2 Å². The molecule has 0 aromatic carbocycles. The summed E-state index contributed by atoms with van der Waals surface area (Å²) in [5.74, 6) is -0.233. The zero-order chi connectivity index (χ0) is 16.1. The number of aromatic amines is 1. The van der Waals surface area contributed by atoms with E-state index in [1.54, 1.807) is 0 Å². The number of carbonyl (C=O) groups excluding carboxylic acids is 1. The molecule has 2 aromatic heterocycles. The molecule has 2 aromatic rings. The number of nitrogens with zero attached hydrogens (tertiary/aromatic N) is 3. The molecule has 9 heteroatoms. The van der Waals surface area contributed by atoms with Gasteiger partial charge in [0.25, 0.3) is 5.56 Å². The first-order chi connectivity index (χ1) is 10.4. The van der Waals surface area contributed by atoms with Crippen LogP contribution in [0, 0.1) is 0 Å². The molecule has 0 fully saturated rings. The maximum Gasteiger partial charge on any atom is 0.328 e. The SMILES string of the molecule is CN(C)Cc1csc(NC(=O)CCn2ccc(=O)[nH]c2=O)n1. The second-order valence-electron chi connectivity index (χ2n) is 4.98. The molecule has 0 saturated heterocycles. The summed E-state index contributed by atoms with van der Waals surface area (Å²) >= 11 is 1.36. The standard InChI is InChI=1S/C13H17N5O3S/c1-17(2)7-9-8-22-12(14-9)15-10(19)3-5-18-6-4-11(20)16-13(18)21/h4,6,8H,3,5,7H2,1-2H3,(H,14,15,19)(H,16,20,21). The number of thiazole rings is 1. The Morgan fingerprint density at radius 1 is 1.45 bits per heavy atom. The van der Waals surface area contributed by atoms with Gasteiger partial charge in [-0.1, -0.05) is 0 Å². The molecule has 0 aliphatic carbocycles. The Hall–Kier alpha value is -2.26. The molecule has 118 valence electrons. The molecule has 0 saturated carbocycles. The highest BCUT2D eigenvalue weighted by molar-refractivity contribution is 7.13. The predicted octanol–water partition coefficient (Wildman–Crippen LogP) is 0.0835. The van der Waals surface area contributed by atoms with Crippen molar-refractivity contribution in [1.82, 2.24) is 19.4 Å². The van der Waals surface area contributed by atoms with E-state index >= 15 is 0 Å². The average Bonchev–Trinajstić information content (AvgIpc) is 2.84. The van der Waals surface area contributed by atoms with Gasteiger partial charge < -0.3 is 14.8 Å². The minimum atomic E-state index is -0.525. The van der Waals surface area contributed by atoms with Gasteiger partial charge in [0.2, 0.25) is 5.91 Å². The van der Waals surface area contributed by atoms with Gasteiger partial charge in [-0.25, -0.2) is 9.78 Å². The van der Waals surface area contributed by atoms with Crippen LogP contribution in [-0.2, 0) is 17.9 Å². The minimum Gasteiger partial charge on any atom is -0.304 e. The first-order valence-corrected chi connectivity index (χ1v) is 7.51. The summed E-state index contributed by atoms with van der Waals surface area (Å²) in [4.78, 5) is 42.7. The highest BCUT2D eigenvalue weighted by atomic mass is 32.1. The van der Waals surface area contributed by atoms with Crippen LogP contribution in [0.2, 0.25) is 0 Å². The maximum atomic E-state index is 11.9. The third-order valence-corrected chi connectivity index (χ3v) is 3.56. The van der Waals surface area contributed by atoms with E-state index in [2.05, 4.69) is 15.3 Å². The largest absolute Gasteiger partial charge is 0.328 e. The number of anilines is 1. The third kappa shape index (κ3) is 4.64. The Morgan fingerprint density at radius 2 is 2.23 bits per heavy atom. The molecule has 2 heterocycles. The lowest BCUT2D eigenvalue weighted by molar-refractivity contribution is -0.116. The smallest absolute Gasteiger partial charge is 0.304 e. The van der Waals surface area contributed by atoms with E-state index in [0.29, 0.717) is 11.7 Å². The minimum absolute atomic E-state index is 0.120. The summed E-state index contributed by atoms with van der Waals surface area (Å²) < 4.78 is 1.28. The topological polar surface area (TPSA) is 100 Å². The molecule has 0 spiro atoms. The van der Waals surface area contributed by atoms with Gasteiger partial charge in [-0.05, 0) is 14.1 Å². The number of carbonyl (C=O) groups is 1. The maximum absolute atomic E-state index is 11.9. The van der Waals surface area contributed by atoms with Crippen LogP contribution in [0.1, 0.15) is 12.1 Å². The zero-order valence-electron chi connectivity index (χ0n) is 12.3. The highest BCUT2D eigenvalue weighted by Crippen LogP contribution is 2.16. The molecule has 0 aliphatic rings. The number of nitrogens with one attached hydrogen (secondary N) is 2. The van der Waals surface area contributed by atoms with Gasteiger partial charge in [0.15, 0.2) is 5.13 Å². The Kier molecular flexibility index (Phi) is 5.23. The lowest BCUT2D eigenvalue weighted by Gasteiger charge is -2.06. The second kappa shape index (κ2) is 7.14. The predicted molar refractivity (Wildman–Crippen MR) is 84.1 cm³/mol. The molecule has 0 bridgehead atoms. The van der Waals surface area contributed by atoms with E-state index < -0.39 is 11.2 Å². The Morgan fingerprint density at radius 3 is 2.91 bits per heavy atom. The fraction of sp³-hybridized carbons (Fsp3) is 0.385. The number of amides is 1. The summed E-state index contributed by atoms with van der Waals surface area (Å²) in [7, 11) is 3.89. The van der Waals surface area contributed by atoms with Gasteiger partial charge in [0.1, 0.15) is 0 Å². The van der Waals surface area contributed by atoms with Crippen molar-refractivity contribution >= 4 is 22.4 Å². The van der Waals surface area contributed by atoms with Gasteiger partial charge in [-0.15, -0.1) is 11.3 Å². The van der Waals surface area contributed by atoms with Gasteiger partial charge in [0.05, 0.1) is 5.69 Å². The average molecular weight is 323 g/mol. The van der Waals surface area contributed by atoms with Gasteiger partial charge >= 0.3 is 5.69 Å². The Balaban J connectivity index is 1.89. The first kappa shape index (κ1) is 16.1. The molecule has 0 unspecified atom stereocenters. The number of aromatic nitrogens is 3. The van der Waals surface area contributed by atoms with Crippen LogP contribution < -0.4 is 16.6 Å². The summed E-state index contributed by atoms with van der Waals surface area (Å²) in [5.41, 5.74) is -0.0909. The van der Waals surface area contributed by atoms with Gasteiger partial charge in [0, 0.05) is 37.2 Å². The molecule has 0 radical (unpaired) electrons. The van der Waals surface area contributed by atoms with Crippen molar-refractivity contribution in [3.05, 3.63) is 44.2 Å². The number of hydrogen-bond acceptors (Lipinski definition) is 6. The number of rotatable bonds is 6. The quantitative estimate of drug-likeness (QED) is 0.784. The second-order valence-corrected chi connectivity index (χ2v) is 5.84. The molecule has 0 atom stereocenters. The number of H-pyrrole nitrogens is 1. The summed E-state index contributed by atoms with van der Waals surface area (Å²) in [6.07, 6.45) is 1.49. The lowest BCUT2D eigenvalue weighted by atomic mass is 10.4. The first-order valence-electron chi connectivity index (χ1n) is 6.63. The van der Waals surface area contributed by atoms with Crippen LogP contribution in [-0.4, -0.2) is 39.4 Å². The number of aryl methyl sites for hydroxylation is 1. The summed E-state index contributed by atoms with van der Waals surface area (Å²) in [6.45, 7) is 0.899. The molecule has 0 aliphatic heterocycles. The van der Waals surface area contributed by atoms with Gasteiger partial charge in [-0.3, -0.25) is 14.6 Å². The van der Waals surface area contributed by atoms with E-state index in [0.717, 1.165) is 5.69 Å². The van der Waals surface area contributed by atoms with Crippen molar-refractivity contribution in [3.63, 3.8) is 0 Å². The van der Waals surface area contributed by atoms with Crippen LogP contribution in [0.5, 0.6) is 0 Å². The lowest BCUT2D eigenvalue weighted by Crippen LogP contribution is -2.29. The van der Waals surface area contributed by atoms with E-state index in [9.17, 15) is 14.4 Å². The normalized spacial score (nSPS) is 10.9. The summed E-state index contributed by atoms with van der Waals surface area (Å²) in [6, 6.07) is 1.24. The van der Waals surface area contributed by atoms with Crippen LogP contribution in [0.4, 0.5) is 5.13 Å².